The lowest BCUT2D eigenvalue weighted by Gasteiger charge is -2.53. The Morgan fingerprint density at radius 2 is 2.05 bits per heavy atom. The number of ether oxygens (including phenoxy) is 1. The number of fused-ring (bicyclic) bond motifs is 1. The van der Waals surface area contributed by atoms with Gasteiger partial charge in [0.2, 0.25) is 5.91 Å². The van der Waals surface area contributed by atoms with Crippen molar-refractivity contribution in [1.82, 2.24) is 5.32 Å². The van der Waals surface area contributed by atoms with Crippen LogP contribution >= 0.6 is 0 Å². The van der Waals surface area contributed by atoms with Gasteiger partial charge in [-0.2, -0.15) is 0 Å². The maximum absolute atomic E-state index is 12.9. The van der Waals surface area contributed by atoms with Crippen molar-refractivity contribution in [3.63, 3.8) is 0 Å². The van der Waals surface area contributed by atoms with Gasteiger partial charge in [-0.25, -0.2) is 0 Å². The number of ketones is 1. The van der Waals surface area contributed by atoms with Crippen molar-refractivity contribution < 1.29 is 14.3 Å². The molecule has 0 spiro atoms. The molecule has 0 aromatic carbocycles. The highest BCUT2D eigenvalue weighted by Crippen LogP contribution is 2.51. The van der Waals surface area contributed by atoms with Gasteiger partial charge >= 0.3 is 0 Å². The zero-order valence-electron chi connectivity index (χ0n) is 11.8. The molecular weight excluding hydrogens is 242 g/mol. The minimum atomic E-state index is -0.729. The first kappa shape index (κ1) is 13.1. The molecule has 3 aliphatic rings. The van der Waals surface area contributed by atoms with E-state index < -0.39 is 11.1 Å². The number of rotatable bonds is 3. The highest BCUT2D eigenvalue weighted by molar-refractivity contribution is 6.01. The van der Waals surface area contributed by atoms with Crippen molar-refractivity contribution in [2.75, 3.05) is 6.61 Å². The van der Waals surface area contributed by atoms with Gasteiger partial charge in [0.15, 0.2) is 11.3 Å². The lowest BCUT2D eigenvalue weighted by atomic mass is 9.65. The van der Waals surface area contributed by atoms with Gasteiger partial charge in [-0.1, -0.05) is 26.2 Å². The molecule has 2 heterocycles. The van der Waals surface area contributed by atoms with Gasteiger partial charge in [0.25, 0.3) is 0 Å². The van der Waals surface area contributed by atoms with E-state index in [2.05, 4.69) is 5.32 Å². The normalized spacial score (nSPS) is 42.4. The SMILES string of the molecule is CCC1C(=O)NC2(C(=O)C3CCCCC3)COC12C. The summed E-state index contributed by atoms with van der Waals surface area (Å²) in [5, 5.41) is 2.99. The van der Waals surface area contributed by atoms with Gasteiger partial charge in [0, 0.05) is 5.92 Å². The molecule has 4 heteroatoms. The second kappa shape index (κ2) is 4.30. The maximum Gasteiger partial charge on any atom is 0.227 e. The number of carbonyl (C=O) groups excluding carboxylic acids is 2. The summed E-state index contributed by atoms with van der Waals surface area (Å²) in [5.74, 6) is 0.151. The molecule has 4 nitrogen and oxygen atoms in total. The predicted molar refractivity (Wildman–Crippen MR) is 70.6 cm³/mol. The maximum atomic E-state index is 12.9. The zero-order chi connectivity index (χ0) is 13.7. The first-order chi connectivity index (χ1) is 9.05. The lowest BCUT2D eigenvalue weighted by molar-refractivity contribution is -0.218. The van der Waals surface area contributed by atoms with Crippen LogP contribution in [0.2, 0.25) is 0 Å². The minimum absolute atomic E-state index is 0.00772. The first-order valence-corrected chi connectivity index (χ1v) is 7.55. The summed E-state index contributed by atoms with van der Waals surface area (Å²) in [6.45, 7) is 4.28. The van der Waals surface area contributed by atoms with Crippen molar-refractivity contribution in [2.45, 2.75) is 63.5 Å². The van der Waals surface area contributed by atoms with E-state index in [1.54, 1.807) is 0 Å². The predicted octanol–water partition coefficient (Wildman–Crippen LogP) is 1.82. The summed E-state index contributed by atoms with van der Waals surface area (Å²) in [6, 6.07) is 0. The number of hydrogen-bond acceptors (Lipinski definition) is 3. The first-order valence-electron chi connectivity index (χ1n) is 7.55. The summed E-state index contributed by atoms with van der Waals surface area (Å²) in [5.41, 5.74) is -1.35. The van der Waals surface area contributed by atoms with Crippen LogP contribution in [0.25, 0.3) is 0 Å². The average Bonchev–Trinajstić information content (AvgIpc) is 2.57. The van der Waals surface area contributed by atoms with Crippen LogP contribution in [0.5, 0.6) is 0 Å². The number of carbonyl (C=O) groups is 2. The second-order valence-corrected chi connectivity index (χ2v) is 6.45. The van der Waals surface area contributed by atoms with Crippen LogP contribution in [-0.4, -0.2) is 29.4 Å². The van der Waals surface area contributed by atoms with Crippen molar-refractivity contribution in [1.29, 1.82) is 0 Å². The molecule has 2 aliphatic heterocycles. The third-order valence-electron chi connectivity index (χ3n) is 5.56. The van der Waals surface area contributed by atoms with Crippen LogP contribution < -0.4 is 5.32 Å². The van der Waals surface area contributed by atoms with E-state index in [-0.39, 0.29) is 23.5 Å². The van der Waals surface area contributed by atoms with Gasteiger partial charge in [-0.3, -0.25) is 9.59 Å². The Hall–Kier alpha value is -0.900. The van der Waals surface area contributed by atoms with Gasteiger partial charge in [-0.05, 0) is 26.2 Å². The Kier molecular flexibility index (Phi) is 2.97. The number of Topliss-reactive ketones (excluding diaryl/α,β-unsaturated/α-hetero) is 1. The summed E-state index contributed by atoms with van der Waals surface area (Å²) < 4.78 is 5.73. The monoisotopic (exact) mass is 265 g/mol. The van der Waals surface area contributed by atoms with E-state index in [0.717, 1.165) is 32.1 Å². The molecule has 106 valence electrons. The standard InChI is InChI=1S/C15H23NO3/c1-3-11-13(18)16-15(9-19-14(11,15)2)12(17)10-7-5-4-6-8-10/h10-11H,3-9H2,1-2H3,(H,16,18). The molecule has 0 aromatic heterocycles. The third kappa shape index (κ3) is 1.55. The van der Waals surface area contributed by atoms with E-state index in [1.165, 1.54) is 6.42 Å². The van der Waals surface area contributed by atoms with Crippen LogP contribution in [-0.2, 0) is 14.3 Å². The summed E-state index contributed by atoms with van der Waals surface area (Å²) in [6.07, 6.45) is 6.17. The molecule has 3 rings (SSSR count). The molecule has 3 atom stereocenters. The van der Waals surface area contributed by atoms with Crippen LogP contribution in [0.1, 0.15) is 52.4 Å². The van der Waals surface area contributed by atoms with E-state index in [0.29, 0.717) is 6.61 Å². The molecule has 3 fully saturated rings. The largest absolute Gasteiger partial charge is 0.368 e. The Balaban J connectivity index is 1.87. The number of nitrogens with one attached hydrogen (secondary N) is 1. The quantitative estimate of drug-likeness (QED) is 0.847. The molecule has 0 bridgehead atoms. The van der Waals surface area contributed by atoms with E-state index in [1.807, 2.05) is 13.8 Å². The highest BCUT2D eigenvalue weighted by atomic mass is 16.5. The molecule has 0 aromatic rings. The lowest BCUT2D eigenvalue weighted by Crippen LogP contribution is -2.75. The summed E-state index contributed by atoms with van der Waals surface area (Å²) >= 11 is 0. The molecule has 19 heavy (non-hydrogen) atoms. The third-order valence-corrected chi connectivity index (χ3v) is 5.56. The Morgan fingerprint density at radius 1 is 1.37 bits per heavy atom. The topological polar surface area (TPSA) is 55.4 Å². The smallest absolute Gasteiger partial charge is 0.227 e. The minimum Gasteiger partial charge on any atom is -0.368 e. The molecule has 1 amide bonds. The van der Waals surface area contributed by atoms with E-state index >= 15 is 0 Å². The highest BCUT2D eigenvalue weighted by Gasteiger charge is 2.72. The molecule has 1 saturated carbocycles. The Labute approximate surface area is 114 Å². The molecule has 1 aliphatic carbocycles. The average molecular weight is 265 g/mol. The molecular formula is C15H23NO3. The van der Waals surface area contributed by atoms with Gasteiger partial charge in [-0.15, -0.1) is 0 Å². The fourth-order valence-electron chi connectivity index (χ4n) is 4.22. The van der Waals surface area contributed by atoms with Crippen LogP contribution in [0.4, 0.5) is 0 Å². The molecule has 3 unspecified atom stereocenters. The van der Waals surface area contributed by atoms with Gasteiger partial charge in [0.1, 0.15) is 5.60 Å². The van der Waals surface area contributed by atoms with Gasteiger partial charge < -0.3 is 10.1 Å². The molecule has 0 radical (unpaired) electrons. The van der Waals surface area contributed by atoms with E-state index in [4.69, 9.17) is 4.74 Å². The second-order valence-electron chi connectivity index (χ2n) is 6.45. The fraction of sp³-hybridized carbons (Fsp3) is 0.867. The van der Waals surface area contributed by atoms with E-state index in [9.17, 15) is 9.59 Å². The Morgan fingerprint density at radius 3 is 2.58 bits per heavy atom. The summed E-state index contributed by atoms with van der Waals surface area (Å²) in [7, 11) is 0. The zero-order valence-corrected chi connectivity index (χ0v) is 11.8. The van der Waals surface area contributed by atoms with Crippen LogP contribution in [0.15, 0.2) is 0 Å². The van der Waals surface area contributed by atoms with Crippen molar-refractivity contribution in [3.8, 4) is 0 Å². The number of amides is 1. The van der Waals surface area contributed by atoms with Crippen LogP contribution in [0, 0.1) is 11.8 Å². The van der Waals surface area contributed by atoms with Crippen molar-refractivity contribution in [2.24, 2.45) is 11.8 Å². The summed E-state index contributed by atoms with van der Waals surface area (Å²) in [4.78, 5) is 25.0. The fourth-order valence-corrected chi connectivity index (χ4v) is 4.22. The van der Waals surface area contributed by atoms with Gasteiger partial charge in [0.05, 0.1) is 12.5 Å². The van der Waals surface area contributed by atoms with Crippen LogP contribution in [0.3, 0.4) is 0 Å². The van der Waals surface area contributed by atoms with Crippen molar-refractivity contribution >= 4 is 11.7 Å². The number of hydrogen-bond donors (Lipinski definition) is 1. The molecule has 2 saturated heterocycles. The Bertz CT molecular complexity index is 416. The molecule has 1 N–H and O–H groups in total. The van der Waals surface area contributed by atoms with Crippen molar-refractivity contribution in [3.05, 3.63) is 0 Å².